The Hall–Kier alpha value is -2.49. The standard InChI is InChI=1S/C27H35Cl2N3O5S/c1-5-23(27(34)30-19-9-6-7-10-19)31(16-20-21(28)11-8-12-22(20)29)26(33)17-32(38(4,35)36)24-15-18(2)13-14-25(24)37-3/h8,11-15,19,23H,5-7,9-10,16-17H2,1-4H3,(H,30,34)/t23-/m0/s1. The quantitative estimate of drug-likeness (QED) is 0.404. The Labute approximate surface area is 235 Å². The van der Waals surface area contributed by atoms with E-state index < -0.39 is 28.5 Å². The van der Waals surface area contributed by atoms with Gasteiger partial charge in [0.05, 0.1) is 19.1 Å². The molecule has 1 saturated carbocycles. The second-order valence-corrected chi connectivity index (χ2v) is 12.3. The number of ether oxygens (including phenoxy) is 1. The van der Waals surface area contributed by atoms with Gasteiger partial charge >= 0.3 is 0 Å². The molecule has 0 saturated heterocycles. The van der Waals surface area contributed by atoms with Gasteiger partial charge in [0, 0.05) is 28.2 Å². The second-order valence-electron chi connectivity index (χ2n) is 9.58. The first kappa shape index (κ1) is 30.1. The largest absolute Gasteiger partial charge is 0.495 e. The van der Waals surface area contributed by atoms with Crippen LogP contribution in [-0.4, -0.2) is 57.1 Å². The zero-order valence-electron chi connectivity index (χ0n) is 22.2. The van der Waals surface area contributed by atoms with Crippen molar-refractivity contribution in [3.8, 4) is 5.75 Å². The normalized spacial score (nSPS) is 14.7. The first-order chi connectivity index (χ1) is 18.0. The van der Waals surface area contributed by atoms with Gasteiger partial charge in [-0.15, -0.1) is 0 Å². The van der Waals surface area contributed by atoms with Gasteiger partial charge in [-0.3, -0.25) is 13.9 Å². The molecule has 0 radical (unpaired) electrons. The van der Waals surface area contributed by atoms with Gasteiger partial charge in [-0.2, -0.15) is 0 Å². The zero-order valence-corrected chi connectivity index (χ0v) is 24.5. The minimum absolute atomic E-state index is 0.0569. The number of amides is 2. The van der Waals surface area contributed by atoms with Gasteiger partial charge in [-0.25, -0.2) is 8.42 Å². The molecule has 1 N–H and O–H groups in total. The fourth-order valence-electron chi connectivity index (χ4n) is 4.73. The van der Waals surface area contributed by atoms with E-state index in [0.717, 1.165) is 41.8 Å². The van der Waals surface area contributed by atoms with Crippen molar-refractivity contribution in [1.29, 1.82) is 0 Å². The summed E-state index contributed by atoms with van der Waals surface area (Å²) in [5, 5.41) is 3.77. The van der Waals surface area contributed by atoms with Crippen molar-refractivity contribution in [3.05, 3.63) is 57.6 Å². The average molecular weight is 585 g/mol. The Morgan fingerprint density at radius 3 is 2.32 bits per heavy atom. The lowest BCUT2D eigenvalue weighted by Crippen LogP contribution is -2.53. The van der Waals surface area contributed by atoms with Crippen molar-refractivity contribution in [2.75, 3.05) is 24.2 Å². The lowest BCUT2D eigenvalue weighted by atomic mass is 10.1. The Balaban J connectivity index is 2.02. The highest BCUT2D eigenvalue weighted by Gasteiger charge is 2.34. The number of benzene rings is 2. The van der Waals surface area contributed by atoms with Gasteiger partial charge < -0.3 is 15.0 Å². The topological polar surface area (TPSA) is 96.0 Å². The van der Waals surface area contributed by atoms with E-state index in [-0.39, 0.29) is 24.2 Å². The average Bonchev–Trinajstić information content (AvgIpc) is 3.36. The number of rotatable bonds is 11. The highest BCUT2D eigenvalue weighted by Crippen LogP contribution is 2.32. The summed E-state index contributed by atoms with van der Waals surface area (Å²) in [7, 11) is -2.47. The maximum atomic E-state index is 13.9. The van der Waals surface area contributed by atoms with Crippen LogP contribution < -0.4 is 14.4 Å². The first-order valence-corrected chi connectivity index (χ1v) is 15.2. The van der Waals surface area contributed by atoms with E-state index in [0.29, 0.717) is 27.8 Å². The third-order valence-electron chi connectivity index (χ3n) is 6.76. The van der Waals surface area contributed by atoms with Crippen LogP contribution in [0.15, 0.2) is 36.4 Å². The Morgan fingerprint density at radius 2 is 1.76 bits per heavy atom. The SMILES string of the molecule is CC[C@@H](C(=O)NC1CCCC1)N(Cc1c(Cl)cccc1Cl)C(=O)CN(c1cc(C)ccc1OC)S(C)(=O)=O. The number of sulfonamides is 1. The second kappa shape index (κ2) is 13.0. The molecule has 2 aromatic rings. The monoisotopic (exact) mass is 583 g/mol. The predicted molar refractivity (Wildman–Crippen MR) is 151 cm³/mol. The van der Waals surface area contributed by atoms with Gasteiger partial charge in [0.2, 0.25) is 21.8 Å². The van der Waals surface area contributed by atoms with E-state index in [1.54, 1.807) is 36.4 Å². The van der Waals surface area contributed by atoms with Crippen LogP contribution in [0.25, 0.3) is 0 Å². The molecule has 8 nitrogen and oxygen atoms in total. The minimum atomic E-state index is -3.90. The fourth-order valence-corrected chi connectivity index (χ4v) is 6.09. The third kappa shape index (κ3) is 7.33. The number of halogens is 2. The molecular formula is C27H35Cl2N3O5S. The van der Waals surface area contributed by atoms with Gasteiger partial charge in [-0.1, -0.05) is 55.1 Å². The number of hydrogen-bond acceptors (Lipinski definition) is 5. The number of aryl methyl sites for hydroxylation is 1. The molecule has 11 heteroatoms. The summed E-state index contributed by atoms with van der Waals surface area (Å²) in [5.74, 6) is -0.543. The molecule has 208 valence electrons. The molecule has 0 spiro atoms. The Kier molecular flexibility index (Phi) is 10.3. The van der Waals surface area contributed by atoms with Gasteiger partial charge in [0.1, 0.15) is 18.3 Å². The summed E-state index contributed by atoms with van der Waals surface area (Å²) in [6.07, 6.45) is 5.21. The molecule has 3 rings (SSSR count). The molecule has 1 atom stereocenters. The van der Waals surface area contributed by atoms with Crippen molar-refractivity contribution in [2.24, 2.45) is 0 Å². The van der Waals surface area contributed by atoms with Crippen LogP contribution in [0.5, 0.6) is 5.75 Å². The van der Waals surface area contributed by atoms with Crippen molar-refractivity contribution in [1.82, 2.24) is 10.2 Å². The number of carbonyl (C=O) groups is 2. The lowest BCUT2D eigenvalue weighted by Gasteiger charge is -2.34. The smallest absolute Gasteiger partial charge is 0.244 e. The number of nitrogens with one attached hydrogen (secondary N) is 1. The molecule has 1 aliphatic carbocycles. The molecule has 0 heterocycles. The number of anilines is 1. The van der Waals surface area contributed by atoms with Crippen LogP contribution in [0.2, 0.25) is 10.0 Å². The molecule has 0 aliphatic heterocycles. The summed E-state index contributed by atoms with van der Waals surface area (Å²) < 4.78 is 32.2. The van der Waals surface area contributed by atoms with E-state index in [1.807, 2.05) is 13.8 Å². The number of hydrogen-bond donors (Lipinski definition) is 1. The highest BCUT2D eigenvalue weighted by atomic mass is 35.5. The lowest BCUT2D eigenvalue weighted by molar-refractivity contribution is -0.140. The van der Waals surface area contributed by atoms with Crippen LogP contribution in [0.1, 0.15) is 50.2 Å². The Bertz CT molecular complexity index is 1250. The summed E-state index contributed by atoms with van der Waals surface area (Å²) in [6, 6.07) is 9.30. The van der Waals surface area contributed by atoms with E-state index in [2.05, 4.69) is 5.32 Å². The molecule has 0 unspecified atom stereocenters. The predicted octanol–water partition coefficient (Wildman–Crippen LogP) is 4.94. The molecule has 1 aliphatic rings. The summed E-state index contributed by atoms with van der Waals surface area (Å²) in [4.78, 5) is 28.7. The molecule has 0 bridgehead atoms. The highest BCUT2D eigenvalue weighted by molar-refractivity contribution is 7.92. The van der Waals surface area contributed by atoms with Crippen molar-refractivity contribution < 1.29 is 22.7 Å². The maximum Gasteiger partial charge on any atom is 0.244 e. The van der Waals surface area contributed by atoms with E-state index in [9.17, 15) is 18.0 Å². The van der Waals surface area contributed by atoms with E-state index >= 15 is 0 Å². The first-order valence-electron chi connectivity index (χ1n) is 12.6. The van der Waals surface area contributed by atoms with Crippen molar-refractivity contribution >= 4 is 50.7 Å². The van der Waals surface area contributed by atoms with Gasteiger partial charge in [0.15, 0.2) is 0 Å². The summed E-state index contributed by atoms with van der Waals surface area (Å²) >= 11 is 12.9. The Morgan fingerprint density at radius 1 is 1.13 bits per heavy atom. The maximum absolute atomic E-state index is 13.9. The molecule has 0 aromatic heterocycles. The van der Waals surface area contributed by atoms with Crippen molar-refractivity contribution in [3.63, 3.8) is 0 Å². The zero-order chi connectivity index (χ0) is 28.0. The van der Waals surface area contributed by atoms with E-state index in [4.69, 9.17) is 27.9 Å². The molecule has 2 aromatic carbocycles. The number of nitrogens with zero attached hydrogens (tertiary/aromatic N) is 2. The van der Waals surface area contributed by atoms with Crippen molar-refractivity contribution in [2.45, 2.75) is 64.6 Å². The van der Waals surface area contributed by atoms with Crippen LogP contribution in [0.3, 0.4) is 0 Å². The fraction of sp³-hybridized carbons (Fsp3) is 0.481. The van der Waals surface area contributed by atoms with Gasteiger partial charge in [0.25, 0.3) is 0 Å². The van der Waals surface area contributed by atoms with E-state index in [1.165, 1.54) is 12.0 Å². The van der Waals surface area contributed by atoms with Crippen LogP contribution in [-0.2, 0) is 26.2 Å². The molecule has 2 amide bonds. The van der Waals surface area contributed by atoms with Crippen LogP contribution in [0, 0.1) is 6.92 Å². The summed E-state index contributed by atoms with van der Waals surface area (Å²) in [6.45, 7) is 3.03. The molecule has 1 fully saturated rings. The number of methoxy groups -OCH3 is 1. The summed E-state index contributed by atoms with van der Waals surface area (Å²) in [5.41, 5.74) is 1.52. The molecular weight excluding hydrogens is 549 g/mol. The van der Waals surface area contributed by atoms with Crippen LogP contribution >= 0.6 is 23.2 Å². The van der Waals surface area contributed by atoms with Crippen LogP contribution in [0.4, 0.5) is 5.69 Å². The van der Waals surface area contributed by atoms with Gasteiger partial charge in [-0.05, 0) is 56.0 Å². The minimum Gasteiger partial charge on any atom is -0.495 e. The number of carbonyl (C=O) groups excluding carboxylic acids is 2. The molecule has 38 heavy (non-hydrogen) atoms. The third-order valence-corrected chi connectivity index (χ3v) is 8.59.